The van der Waals surface area contributed by atoms with Crippen molar-refractivity contribution in [2.45, 2.75) is 12.3 Å². The number of allylic oxidation sites excluding steroid dienone is 1. The zero-order valence-corrected chi connectivity index (χ0v) is 23.6. The molecule has 1 atom stereocenters. The van der Waals surface area contributed by atoms with E-state index >= 15 is 0 Å². The second-order valence-electron chi connectivity index (χ2n) is 9.19. The molecule has 218 valence electrons. The first-order valence-electron chi connectivity index (χ1n) is 12.8. The van der Waals surface area contributed by atoms with Crippen LogP contribution in [0.25, 0.3) is 6.08 Å². The smallest absolute Gasteiger partial charge is 0.343 e. The molecule has 0 radical (unpaired) electrons. The second kappa shape index (κ2) is 11.7. The summed E-state index contributed by atoms with van der Waals surface area (Å²) in [5.74, 6) is 0.217. The zero-order chi connectivity index (χ0) is 30.0. The highest BCUT2D eigenvalue weighted by Crippen LogP contribution is 2.52. The summed E-state index contributed by atoms with van der Waals surface area (Å²) in [5.41, 5.74) is 1.84. The van der Waals surface area contributed by atoms with E-state index in [9.17, 15) is 14.4 Å². The quantitative estimate of drug-likeness (QED) is 0.205. The minimum absolute atomic E-state index is 0.0346. The third-order valence-electron chi connectivity index (χ3n) is 6.97. The minimum atomic E-state index is -0.651. The molecule has 3 aromatic rings. The van der Waals surface area contributed by atoms with Crippen LogP contribution in [0.4, 0.5) is 0 Å². The average molecular weight is 577 g/mol. The van der Waals surface area contributed by atoms with Gasteiger partial charge in [0.25, 0.3) is 0 Å². The molecule has 0 fully saturated rings. The SMILES string of the molecule is COC(=O)COc1c(OC)cccc1C1CC(=O)Oc2ccc3c(c21)OC(=Cc1ccc(OC)c(OC)c1OC)C3=O. The van der Waals surface area contributed by atoms with Gasteiger partial charge in [-0.3, -0.25) is 9.59 Å². The maximum absolute atomic E-state index is 13.6. The number of methoxy groups -OCH3 is 5. The third-order valence-corrected chi connectivity index (χ3v) is 6.97. The molecule has 1 unspecified atom stereocenters. The van der Waals surface area contributed by atoms with E-state index < -0.39 is 17.9 Å². The van der Waals surface area contributed by atoms with E-state index in [-0.39, 0.29) is 41.8 Å². The summed E-state index contributed by atoms with van der Waals surface area (Å²) in [6.07, 6.45) is 1.47. The van der Waals surface area contributed by atoms with Crippen LogP contribution in [-0.4, -0.2) is 59.9 Å². The number of ether oxygens (including phenoxy) is 8. The molecule has 0 aliphatic carbocycles. The predicted molar refractivity (Wildman–Crippen MR) is 148 cm³/mol. The van der Waals surface area contributed by atoms with Gasteiger partial charge in [-0.05, 0) is 36.4 Å². The van der Waals surface area contributed by atoms with E-state index in [0.717, 1.165) is 0 Å². The molecular formula is C31H28O11. The maximum Gasteiger partial charge on any atom is 0.343 e. The summed E-state index contributed by atoms with van der Waals surface area (Å²) in [6.45, 7) is -0.379. The van der Waals surface area contributed by atoms with E-state index in [1.165, 1.54) is 35.5 Å². The molecule has 42 heavy (non-hydrogen) atoms. The average Bonchev–Trinajstić information content (AvgIpc) is 3.33. The molecule has 11 nitrogen and oxygen atoms in total. The summed E-state index contributed by atoms with van der Waals surface area (Å²) < 4.78 is 44.2. The second-order valence-corrected chi connectivity index (χ2v) is 9.19. The monoisotopic (exact) mass is 576 g/mol. The van der Waals surface area contributed by atoms with Crippen LogP contribution in [0.15, 0.2) is 48.2 Å². The van der Waals surface area contributed by atoms with E-state index in [1.54, 1.807) is 48.5 Å². The van der Waals surface area contributed by atoms with Crippen LogP contribution in [0.5, 0.6) is 40.2 Å². The van der Waals surface area contributed by atoms with Gasteiger partial charge in [0.15, 0.2) is 35.4 Å². The third kappa shape index (κ3) is 4.93. The van der Waals surface area contributed by atoms with Crippen LogP contribution >= 0.6 is 0 Å². The van der Waals surface area contributed by atoms with E-state index in [2.05, 4.69) is 0 Å². The van der Waals surface area contributed by atoms with Crippen LogP contribution < -0.4 is 33.2 Å². The number of rotatable bonds is 9. The lowest BCUT2D eigenvalue weighted by atomic mass is 9.84. The van der Waals surface area contributed by atoms with Crippen molar-refractivity contribution in [2.24, 2.45) is 0 Å². The van der Waals surface area contributed by atoms with Gasteiger partial charge in [0.2, 0.25) is 11.5 Å². The van der Waals surface area contributed by atoms with Gasteiger partial charge in [0, 0.05) is 22.6 Å². The topological polar surface area (TPSA) is 125 Å². The Morgan fingerprint density at radius 2 is 1.60 bits per heavy atom. The first-order chi connectivity index (χ1) is 20.3. The fourth-order valence-corrected chi connectivity index (χ4v) is 5.06. The highest BCUT2D eigenvalue weighted by atomic mass is 16.6. The number of carbonyl (C=O) groups excluding carboxylic acids is 3. The highest BCUT2D eigenvalue weighted by molar-refractivity contribution is 6.15. The molecule has 3 aromatic carbocycles. The molecule has 5 rings (SSSR count). The standard InChI is InChI=1S/C31H28O11/c1-35-21-8-6-7-17(29(21)40-15-25(33)37-3)19-14-24(32)41-20-12-10-18-27(34)23(42-30(18)26(19)20)13-16-9-11-22(36-2)31(39-5)28(16)38-4/h6-13,19H,14-15H2,1-5H3. The van der Waals surface area contributed by atoms with Crippen LogP contribution in [-0.2, 0) is 14.3 Å². The van der Waals surface area contributed by atoms with Crippen molar-refractivity contribution in [3.63, 3.8) is 0 Å². The van der Waals surface area contributed by atoms with Crippen LogP contribution in [0.1, 0.15) is 39.4 Å². The summed E-state index contributed by atoms with van der Waals surface area (Å²) >= 11 is 0. The first-order valence-corrected chi connectivity index (χ1v) is 12.8. The summed E-state index contributed by atoms with van der Waals surface area (Å²) in [7, 11) is 7.19. The molecule has 0 saturated carbocycles. The van der Waals surface area contributed by atoms with Gasteiger partial charge in [0.1, 0.15) is 11.5 Å². The van der Waals surface area contributed by atoms with Gasteiger partial charge < -0.3 is 37.9 Å². The van der Waals surface area contributed by atoms with Crippen molar-refractivity contribution in [1.29, 1.82) is 0 Å². The lowest BCUT2D eigenvalue weighted by molar-refractivity contribution is -0.143. The number of ketones is 1. The number of esters is 2. The number of carbonyl (C=O) groups is 3. The fourth-order valence-electron chi connectivity index (χ4n) is 5.06. The Labute approximate surface area is 241 Å². The summed E-state index contributed by atoms with van der Waals surface area (Å²) in [6, 6.07) is 11.7. The van der Waals surface area contributed by atoms with Crippen molar-refractivity contribution in [1.82, 2.24) is 0 Å². The number of hydrogen-bond donors (Lipinski definition) is 0. The van der Waals surface area contributed by atoms with Gasteiger partial charge in [-0.15, -0.1) is 0 Å². The fraction of sp³-hybridized carbons (Fsp3) is 0.258. The van der Waals surface area contributed by atoms with Crippen LogP contribution in [0.2, 0.25) is 0 Å². The zero-order valence-electron chi connectivity index (χ0n) is 23.6. The van der Waals surface area contributed by atoms with E-state index in [1.807, 2.05) is 0 Å². The van der Waals surface area contributed by atoms with Gasteiger partial charge in [0.05, 0.1) is 47.5 Å². The molecular weight excluding hydrogens is 548 g/mol. The van der Waals surface area contributed by atoms with Crippen molar-refractivity contribution in [3.8, 4) is 40.2 Å². The van der Waals surface area contributed by atoms with Crippen molar-refractivity contribution in [3.05, 3.63) is 70.5 Å². The number of hydrogen-bond acceptors (Lipinski definition) is 11. The van der Waals surface area contributed by atoms with Crippen LogP contribution in [0, 0.1) is 0 Å². The molecule has 11 heteroatoms. The van der Waals surface area contributed by atoms with Gasteiger partial charge in [-0.1, -0.05) is 12.1 Å². The molecule has 0 bridgehead atoms. The van der Waals surface area contributed by atoms with E-state index in [4.69, 9.17) is 37.9 Å². The Bertz CT molecular complexity index is 1600. The predicted octanol–water partition coefficient (Wildman–Crippen LogP) is 4.33. The minimum Gasteiger partial charge on any atom is -0.493 e. The molecule has 2 aliphatic rings. The largest absolute Gasteiger partial charge is 0.493 e. The maximum atomic E-state index is 13.6. The molecule has 0 N–H and O–H groups in total. The van der Waals surface area contributed by atoms with Crippen molar-refractivity contribution in [2.75, 3.05) is 42.2 Å². The Kier molecular flexibility index (Phi) is 7.92. The van der Waals surface area contributed by atoms with Crippen molar-refractivity contribution >= 4 is 23.8 Å². The van der Waals surface area contributed by atoms with E-state index in [0.29, 0.717) is 45.3 Å². The summed E-state index contributed by atoms with van der Waals surface area (Å²) in [5, 5.41) is 0. The molecule has 2 aliphatic heterocycles. The Morgan fingerprint density at radius 3 is 2.29 bits per heavy atom. The normalized spacial score (nSPS) is 16.1. The molecule has 2 heterocycles. The molecule has 0 saturated heterocycles. The number of para-hydroxylation sites is 1. The first kappa shape index (κ1) is 28.3. The number of Topliss-reactive ketones (excluding diaryl/α,β-unsaturated/α-hetero) is 1. The highest BCUT2D eigenvalue weighted by Gasteiger charge is 2.40. The molecule has 0 amide bonds. The Morgan fingerprint density at radius 1 is 0.857 bits per heavy atom. The molecule has 0 spiro atoms. The lowest BCUT2D eigenvalue weighted by Gasteiger charge is -2.28. The number of fused-ring (bicyclic) bond motifs is 3. The summed E-state index contributed by atoms with van der Waals surface area (Å²) in [4.78, 5) is 38.1. The number of benzene rings is 3. The van der Waals surface area contributed by atoms with Gasteiger partial charge >= 0.3 is 11.9 Å². The van der Waals surface area contributed by atoms with Crippen LogP contribution in [0.3, 0.4) is 0 Å². The lowest BCUT2D eigenvalue weighted by Crippen LogP contribution is -2.22. The van der Waals surface area contributed by atoms with Crippen molar-refractivity contribution < 1.29 is 52.3 Å². The molecule has 0 aromatic heterocycles. The Hall–Kier alpha value is -5.19. The van der Waals surface area contributed by atoms with Gasteiger partial charge in [-0.2, -0.15) is 0 Å². The Balaban J connectivity index is 1.61. The van der Waals surface area contributed by atoms with Gasteiger partial charge in [-0.25, -0.2) is 4.79 Å².